The molecule has 1 aliphatic carbocycles. The van der Waals surface area contributed by atoms with Gasteiger partial charge in [-0.2, -0.15) is 0 Å². The number of hydrogen-bond acceptors (Lipinski definition) is 3. The molecule has 0 atom stereocenters. The Labute approximate surface area is 66.9 Å². The van der Waals surface area contributed by atoms with Gasteiger partial charge in [0.2, 0.25) is 0 Å². The predicted octanol–water partition coefficient (Wildman–Crippen LogP) is 1.27. The minimum absolute atomic E-state index is 0.273. The van der Waals surface area contributed by atoms with Gasteiger partial charge in [0.25, 0.3) is 0 Å². The maximum absolute atomic E-state index is 9.61. The van der Waals surface area contributed by atoms with Crippen molar-refractivity contribution < 1.29 is 15.3 Å². The van der Waals surface area contributed by atoms with Crippen molar-refractivity contribution in [3.8, 4) is 0 Å². The summed E-state index contributed by atoms with van der Waals surface area (Å²) in [6, 6.07) is 0. The van der Waals surface area contributed by atoms with Gasteiger partial charge in [0.1, 0.15) is 6.10 Å². The average molecular weight is 160 g/mol. The molecule has 0 unspecified atom stereocenters. The fraction of sp³-hybridized carbons (Fsp3) is 1.00. The van der Waals surface area contributed by atoms with E-state index in [1.54, 1.807) is 0 Å². The highest BCUT2D eigenvalue weighted by Crippen LogP contribution is 2.55. The Bertz CT molecular complexity index is 147. The lowest BCUT2D eigenvalue weighted by Gasteiger charge is -2.59. The average Bonchev–Trinajstić information content (AvgIpc) is 1.86. The zero-order valence-corrected chi connectivity index (χ0v) is 7.46. The fourth-order valence-electron chi connectivity index (χ4n) is 2.38. The Morgan fingerprint density at radius 3 is 1.64 bits per heavy atom. The van der Waals surface area contributed by atoms with Crippen LogP contribution in [0.25, 0.3) is 0 Å². The monoisotopic (exact) mass is 160 g/mol. The Hall–Kier alpha value is -0.120. The van der Waals surface area contributed by atoms with Gasteiger partial charge >= 0.3 is 0 Å². The van der Waals surface area contributed by atoms with Crippen LogP contribution in [0.3, 0.4) is 0 Å². The minimum Gasteiger partial charge on any atom is -0.392 e. The molecule has 3 nitrogen and oxygen atoms in total. The van der Waals surface area contributed by atoms with Gasteiger partial charge in [-0.1, -0.05) is 27.7 Å². The first-order chi connectivity index (χ1) is 4.85. The summed E-state index contributed by atoms with van der Waals surface area (Å²) >= 11 is 0. The molecule has 0 bridgehead atoms. The highest BCUT2D eigenvalue weighted by Gasteiger charge is 2.62. The quantitative estimate of drug-likeness (QED) is 0.448. The van der Waals surface area contributed by atoms with Crippen molar-refractivity contribution in [1.82, 2.24) is 0 Å². The second-order valence-corrected chi connectivity index (χ2v) is 4.53. The van der Waals surface area contributed by atoms with E-state index in [-0.39, 0.29) is 16.9 Å². The van der Waals surface area contributed by atoms with Crippen LogP contribution in [0.5, 0.6) is 0 Å². The van der Waals surface area contributed by atoms with Crippen LogP contribution in [0, 0.1) is 10.8 Å². The van der Waals surface area contributed by atoms with Crippen LogP contribution < -0.4 is 0 Å². The molecule has 0 aromatic heterocycles. The molecule has 2 N–H and O–H groups in total. The number of rotatable bonds is 1. The molecule has 1 saturated carbocycles. The normalized spacial score (nSPS) is 39.8. The summed E-state index contributed by atoms with van der Waals surface area (Å²) in [6.07, 6.45) is -0.683. The van der Waals surface area contributed by atoms with Crippen LogP contribution in [0.15, 0.2) is 0 Å². The first-order valence-corrected chi connectivity index (χ1v) is 3.83. The van der Waals surface area contributed by atoms with E-state index in [9.17, 15) is 5.11 Å². The topological polar surface area (TPSA) is 49.7 Å². The van der Waals surface area contributed by atoms with E-state index in [4.69, 9.17) is 5.26 Å². The second-order valence-electron chi connectivity index (χ2n) is 4.53. The molecule has 3 heteroatoms. The molecule has 11 heavy (non-hydrogen) atoms. The van der Waals surface area contributed by atoms with E-state index in [1.807, 2.05) is 27.7 Å². The van der Waals surface area contributed by atoms with Crippen LogP contribution in [-0.4, -0.2) is 22.6 Å². The minimum atomic E-state index is -0.410. The molecule has 66 valence electrons. The van der Waals surface area contributed by atoms with Crippen LogP contribution in [0.4, 0.5) is 0 Å². The van der Waals surface area contributed by atoms with Crippen LogP contribution in [-0.2, 0) is 4.89 Å². The van der Waals surface area contributed by atoms with Gasteiger partial charge < -0.3 is 5.11 Å². The van der Waals surface area contributed by atoms with E-state index in [0.717, 1.165) is 0 Å². The largest absolute Gasteiger partial charge is 0.392 e. The smallest absolute Gasteiger partial charge is 0.108 e. The van der Waals surface area contributed by atoms with Crippen molar-refractivity contribution in [1.29, 1.82) is 0 Å². The Morgan fingerprint density at radius 1 is 1.09 bits per heavy atom. The summed E-state index contributed by atoms with van der Waals surface area (Å²) in [5, 5.41) is 18.2. The fourth-order valence-corrected chi connectivity index (χ4v) is 2.38. The molecule has 0 aromatic rings. The maximum Gasteiger partial charge on any atom is 0.108 e. The Balaban J connectivity index is 2.79. The SMILES string of the molecule is CC1(C)C(O)C(C)(C)C1OO. The van der Waals surface area contributed by atoms with Crippen LogP contribution >= 0.6 is 0 Å². The first kappa shape index (κ1) is 8.97. The molecule has 0 heterocycles. The maximum atomic E-state index is 9.61. The van der Waals surface area contributed by atoms with Crippen LogP contribution in [0.2, 0.25) is 0 Å². The van der Waals surface area contributed by atoms with Gasteiger partial charge in [0.05, 0.1) is 6.10 Å². The summed E-state index contributed by atoms with van der Waals surface area (Å²) in [5.41, 5.74) is -0.670. The molecule has 0 radical (unpaired) electrons. The Morgan fingerprint density at radius 2 is 1.45 bits per heavy atom. The molecule has 0 aromatic carbocycles. The van der Waals surface area contributed by atoms with Crippen molar-refractivity contribution in [2.24, 2.45) is 10.8 Å². The molecular formula is C8H16O3. The van der Waals surface area contributed by atoms with Crippen molar-refractivity contribution in [2.45, 2.75) is 39.9 Å². The third-order valence-electron chi connectivity index (χ3n) is 2.87. The summed E-state index contributed by atoms with van der Waals surface area (Å²) in [6.45, 7) is 7.52. The van der Waals surface area contributed by atoms with Gasteiger partial charge in [0.15, 0.2) is 0 Å². The standard InChI is InChI=1S/C8H16O3/c1-7(2)5(9)8(3,4)6(7)11-10/h5-6,9-10H,1-4H3. The highest BCUT2D eigenvalue weighted by atomic mass is 17.1. The zero-order valence-electron chi connectivity index (χ0n) is 7.46. The molecule has 1 fully saturated rings. The Kier molecular flexibility index (Phi) is 1.78. The van der Waals surface area contributed by atoms with Gasteiger partial charge in [-0.3, -0.25) is 5.26 Å². The third kappa shape index (κ3) is 0.916. The number of aliphatic hydroxyl groups excluding tert-OH is 1. The molecule has 1 aliphatic rings. The predicted molar refractivity (Wildman–Crippen MR) is 41.1 cm³/mol. The molecule has 0 aliphatic heterocycles. The van der Waals surface area contributed by atoms with E-state index in [0.29, 0.717) is 0 Å². The van der Waals surface area contributed by atoms with E-state index >= 15 is 0 Å². The zero-order chi connectivity index (χ0) is 8.86. The summed E-state index contributed by atoms with van der Waals surface area (Å²) < 4.78 is 0. The molecular weight excluding hydrogens is 144 g/mol. The first-order valence-electron chi connectivity index (χ1n) is 3.83. The lowest BCUT2D eigenvalue weighted by atomic mass is 9.51. The van der Waals surface area contributed by atoms with Crippen molar-refractivity contribution in [3.05, 3.63) is 0 Å². The van der Waals surface area contributed by atoms with Gasteiger partial charge in [-0.25, -0.2) is 4.89 Å². The third-order valence-corrected chi connectivity index (χ3v) is 2.87. The van der Waals surface area contributed by atoms with E-state index < -0.39 is 6.10 Å². The van der Waals surface area contributed by atoms with E-state index in [1.165, 1.54) is 0 Å². The van der Waals surface area contributed by atoms with Gasteiger partial charge in [-0.05, 0) is 0 Å². The lowest BCUT2D eigenvalue weighted by Crippen LogP contribution is -2.67. The van der Waals surface area contributed by atoms with Crippen molar-refractivity contribution in [3.63, 3.8) is 0 Å². The lowest BCUT2D eigenvalue weighted by molar-refractivity contribution is -0.389. The van der Waals surface area contributed by atoms with Crippen molar-refractivity contribution >= 4 is 0 Å². The highest BCUT2D eigenvalue weighted by molar-refractivity contribution is 5.10. The number of aliphatic hydroxyl groups is 1. The summed E-state index contributed by atoms with van der Waals surface area (Å²) in [5.74, 6) is 0. The van der Waals surface area contributed by atoms with Gasteiger partial charge in [0, 0.05) is 10.8 Å². The second kappa shape index (κ2) is 2.19. The molecule has 0 amide bonds. The summed E-state index contributed by atoms with van der Waals surface area (Å²) in [7, 11) is 0. The van der Waals surface area contributed by atoms with Crippen molar-refractivity contribution in [2.75, 3.05) is 0 Å². The van der Waals surface area contributed by atoms with Crippen LogP contribution in [0.1, 0.15) is 27.7 Å². The molecule has 0 saturated heterocycles. The van der Waals surface area contributed by atoms with E-state index in [2.05, 4.69) is 4.89 Å². The molecule has 1 rings (SSSR count). The van der Waals surface area contributed by atoms with Gasteiger partial charge in [-0.15, -0.1) is 0 Å². The number of hydrogen-bond donors (Lipinski definition) is 2. The summed E-state index contributed by atoms with van der Waals surface area (Å²) in [4.78, 5) is 4.33. The molecule has 0 spiro atoms.